The smallest absolute Gasteiger partial charge is 0.100 e. The van der Waals surface area contributed by atoms with Crippen molar-refractivity contribution in [3.63, 3.8) is 0 Å². The minimum Gasteiger partial charge on any atom is -0.325 e. The Balaban J connectivity index is 2.46. The summed E-state index contributed by atoms with van der Waals surface area (Å²) < 4.78 is 1.90. The molecule has 1 aromatic carbocycles. The van der Waals surface area contributed by atoms with Crippen molar-refractivity contribution in [1.82, 2.24) is 15.0 Å². The molecule has 0 bridgehead atoms. The van der Waals surface area contributed by atoms with Crippen LogP contribution in [0, 0.1) is 0 Å². The zero-order valence-electron chi connectivity index (χ0n) is 11.2. The molecule has 0 unspecified atom stereocenters. The molecule has 0 amide bonds. The fourth-order valence-electron chi connectivity index (χ4n) is 2.11. The van der Waals surface area contributed by atoms with Gasteiger partial charge in [-0.25, -0.2) is 4.68 Å². The van der Waals surface area contributed by atoms with Crippen LogP contribution in [0.2, 0.25) is 0 Å². The Bertz CT molecular complexity index is 511. The fourth-order valence-corrected chi connectivity index (χ4v) is 2.11. The van der Waals surface area contributed by atoms with Gasteiger partial charge < -0.3 is 5.73 Å². The van der Waals surface area contributed by atoms with Crippen LogP contribution in [0.1, 0.15) is 43.6 Å². The first kappa shape index (κ1) is 12.8. The molecular formula is C14H20N4. The highest BCUT2D eigenvalue weighted by Gasteiger charge is 2.15. The zero-order valence-corrected chi connectivity index (χ0v) is 11.2. The van der Waals surface area contributed by atoms with Gasteiger partial charge in [0, 0.05) is 6.54 Å². The Labute approximate surface area is 108 Å². The number of nitrogens with zero attached hydrogens (tertiary/aromatic N) is 3. The van der Waals surface area contributed by atoms with Crippen LogP contribution in [0.4, 0.5) is 0 Å². The van der Waals surface area contributed by atoms with Gasteiger partial charge in [-0.3, -0.25) is 0 Å². The van der Waals surface area contributed by atoms with Gasteiger partial charge in [0.05, 0.1) is 11.4 Å². The minimum atomic E-state index is 0.351. The van der Waals surface area contributed by atoms with Crippen molar-refractivity contribution in [2.45, 2.75) is 39.7 Å². The van der Waals surface area contributed by atoms with E-state index in [0.29, 0.717) is 12.5 Å². The Morgan fingerprint density at radius 2 is 1.89 bits per heavy atom. The molecule has 0 aliphatic heterocycles. The molecule has 2 rings (SSSR count). The van der Waals surface area contributed by atoms with E-state index in [1.807, 2.05) is 4.68 Å². The summed E-state index contributed by atoms with van der Waals surface area (Å²) in [6.07, 6.45) is 1.04. The van der Waals surface area contributed by atoms with Crippen molar-refractivity contribution in [3.8, 4) is 5.69 Å². The number of benzene rings is 1. The van der Waals surface area contributed by atoms with E-state index in [4.69, 9.17) is 5.73 Å². The maximum atomic E-state index is 5.71. The zero-order chi connectivity index (χ0) is 13.1. The molecule has 0 atom stereocenters. The van der Waals surface area contributed by atoms with Crippen molar-refractivity contribution in [2.24, 2.45) is 5.73 Å². The lowest BCUT2D eigenvalue weighted by atomic mass is 10.1. The van der Waals surface area contributed by atoms with E-state index in [1.54, 1.807) is 0 Å². The van der Waals surface area contributed by atoms with Crippen molar-refractivity contribution in [3.05, 3.63) is 41.2 Å². The Morgan fingerprint density at radius 3 is 2.39 bits per heavy atom. The van der Waals surface area contributed by atoms with Gasteiger partial charge in [-0.05, 0) is 30.0 Å². The van der Waals surface area contributed by atoms with Gasteiger partial charge in [-0.1, -0.05) is 38.1 Å². The third-order valence-corrected chi connectivity index (χ3v) is 3.11. The Kier molecular flexibility index (Phi) is 3.77. The number of nitrogens with two attached hydrogens (primary N) is 1. The summed E-state index contributed by atoms with van der Waals surface area (Å²) >= 11 is 0. The Hall–Kier alpha value is -1.68. The average Bonchev–Trinajstić information content (AvgIpc) is 2.82. The van der Waals surface area contributed by atoms with E-state index < -0.39 is 0 Å². The number of hydrogen-bond donors (Lipinski definition) is 1. The van der Waals surface area contributed by atoms with Crippen molar-refractivity contribution in [2.75, 3.05) is 0 Å². The first-order valence-corrected chi connectivity index (χ1v) is 6.41. The molecule has 96 valence electrons. The summed E-state index contributed by atoms with van der Waals surface area (Å²) in [4.78, 5) is 0. The van der Waals surface area contributed by atoms with Crippen LogP contribution in [0.15, 0.2) is 24.3 Å². The normalized spacial score (nSPS) is 11.2. The van der Waals surface area contributed by atoms with Gasteiger partial charge in [-0.2, -0.15) is 0 Å². The summed E-state index contributed by atoms with van der Waals surface area (Å²) in [6.45, 7) is 6.85. The van der Waals surface area contributed by atoms with Gasteiger partial charge in [0.1, 0.15) is 5.69 Å². The highest BCUT2D eigenvalue weighted by atomic mass is 15.4. The molecule has 1 aromatic heterocycles. The van der Waals surface area contributed by atoms with Crippen LogP contribution in [0.3, 0.4) is 0 Å². The minimum absolute atomic E-state index is 0.351. The maximum Gasteiger partial charge on any atom is 0.100 e. The molecule has 4 heteroatoms. The predicted molar refractivity (Wildman–Crippen MR) is 72.7 cm³/mol. The van der Waals surface area contributed by atoms with Gasteiger partial charge in [-0.15, -0.1) is 5.10 Å². The SMILES string of the molecule is CCc1ccc(-n2nnc(CN)c2C(C)C)cc1. The molecule has 0 fully saturated rings. The van der Waals surface area contributed by atoms with Gasteiger partial charge in [0.15, 0.2) is 0 Å². The van der Waals surface area contributed by atoms with Crippen LogP contribution in [-0.2, 0) is 13.0 Å². The van der Waals surface area contributed by atoms with E-state index in [1.165, 1.54) is 5.56 Å². The lowest BCUT2D eigenvalue weighted by molar-refractivity contribution is 0.713. The number of aromatic nitrogens is 3. The highest BCUT2D eigenvalue weighted by molar-refractivity contribution is 5.36. The van der Waals surface area contributed by atoms with Gasteiger partial charge in [0.25, 0.3) is 0 Å². The third-order valence-electron chi connectivity index (χ3n) is 3.11. The van der Waals surface area contributed by atoms with E-state index in [2.05, 4.69) is 55.3 Å². The van der Waals surface area contributed by atoms with Crippen molar-refractivity contribution >= 4 is 0 Å². The summed E-state index contributed by atoms with van der Waals surface area (Å²) in [5.41, 5.74) is 10.1. The molecular weight excluding hydrogens is 224 g/mol. The molecule has 0 radical (unpaired) electrons. The molecule has 4 nitrogen and oxygen atoms in total. The van der Waals surface area contributed by atoms with Crippen LogP contribution in [0.25, 0.3) is 5.69 Å². The molecule has 18 heavy (non-hydrogen) atoms. The standard InChI is InChI=1S/C14H20N4/c1-4-11-5-7-12(8-6-11)18-14(10(2)3)13(9-15)16-17-18/h5-8,10H,4,9,15H2,1-3H3. The second kappa shape index (κ2) is 5.31. The molecule has 0 aliphatic carbocycles. The molecule has 2 aromatic rings. The second-order valence-corrected chi connectivity index (χ2v) is 4.71. The molecule has 0 spiro atoms. The molecule has 0 aliphatic rings. The van der Waals surface area contributed by atoms with Crippen LogP contribution < -0.4 is 5.73 Å². The second-order valence-electron chi connectivity index (χ2n) is 4.71. The van der Waals surface area contributed by atoms with E-state index >= 15 is 0 Å². The van der Waals surface area contributed by atoms with E-state index in [9.17, 15) is 0 Å². The topological polar surface area (TPSA) is 56.7 Å². The first-order chi connectivity index (χ1) is 8.67. The van der Waals surface area contributed by atoms with Crippen LogP contribution >= 0.6 is 0 Å². The number of rotatable bonds is 4. The molecule has 0 saturated carbocycles. The lowest BCUT2D eigenvalue weighted by Gasteiger charge is -2.10. The lowest BCUT2D eigenvalue weighted by Crippen LogP contribution is -2.07. The van der Waals surface area contributed by atoms with Gasteiger partial charge in [0.2, 0.25) is 0 Å². The van der Waals surface area contributed by atoms with Crippen molar-refractivity contribution < 1.29 is 0 Å². The molecule has 0 saturated heterocycles. The number of aryl methyl sites for hydroxylation is 1. The fraction of sp³-hybridized carbons (Fsp3) is 0.429. The van der Waals surface area contributed by atoms with E-state index in [0.717, 1.165) is 23.5 Å². The average molecular weight is 244 g/mol. The summed E-state index contributed by atoms with van der Waals surface area (Å²) in [5.74, 6) is 0.351. The third kappa shape index (κ3) is 2.29. The monoisotopic (exact) mass is 244 g/mol. The van der Waals surface area contributed by atoms with Crippen LogP contribution in [0.5, 0.6) is 0 Å². The quantitative estimate of drug-likeness (QED) is 0.898. The predicted octanol–water partition coefficient (Wildman–Crippen LogP) is 2.41. The summed E-state index contributed by atoms with van der Waals surface area (Å²) in [7, 11) is 0. The van der Waals surface area contributed by atoms with Crippen LogP contribution in [-0.4, -0.2) is 15.0 Å². The van der Waals surface area contributed by atoms with E-state index in [-0.39, 0.29) is 0 Å². The first-order valence-electron chi connectivity index (χ1n) is 6.41. The molecule has 1 heterocycles. The maximum absolute atomic E-state index is 5.71. The Morgan fingerprint density at radius 1 is 1.22 bits per heavy atom. The highest BCUT2D eigenvalue weighted by Crippen LogP contribution is 2.21. The molecule has 2 N–H and O–H groups in total. The van der Waals surface area contributed by atoms with Crippen molar-refractivity contribution in [1.29, 1.82) is 0 Å². The number of hydrogen-bond acceptors (Lipinski definition) is 3. The summed E-state index contributed by atoms with van der Waals surface area (Å²) in [5, 5.41) is 8.38. The summed E-state index contributed by atoms with van der Waals surface area (Å²) in [6, 6.07) is 8.42. The largest absolute Gasteiger partial charge is 0.325 e. The van der Waals surface area contributed by atoms with Gasteiger partial charge >= 0.3 is 0 Å².